The van der Waals surface area contributed by atoms with Gasteiger partial charge in [0.25, 0.3) is 5.91 Å². The first-order valence-corrected chi connectivity index (χ1v) is 6.68. The first-order valence-electron chi connectivity index (χ1n) is 5.89. The fourth-order valence-corrected chi connectivity index (χ4v) is 2.22. The molecular weight excluding hydrogens is 309 g/mol. The summed E-state index contributed by atoms with van der Waals surface area (Å²) < 4.78 is 13.6. The lowest BCUT2D eigenvalue weighted by molar-refractivity contribution is 0.0939. The normalized spacial score (nSPS) is 11.9. The Kier molecular flexibility index (Phi) is 4.32. The van der Waals surface area contributed by atoms with Gasteiger partial charge >= 0.3 is 0 Å². The van der Waals surface area contributed by atoms with Crippen LogP contribution in [0.3, 0.4) is 0 Å². The van der Waals surface area contributed by atoms with E-state index >= 15 is 0 Å². The van der Waals surface area contributed by atoms with Crippen LogP contribution in [-0.2, 0) is 0 Å². The third kappa shape index (κ3) is 3.41. The minimum Gasteiger partial charge on any atom is -0.345 e. The predicted octanol–water partition coefficient (Wildman–Crippen LogP) is 4.08. The monoisotopic (exact) mass is 321 g/mol. The SMILES string of the molecule is C[C@@H](NC(=O)c1ccccc1Br)c1ccc(F)cc1. The second-order valence-corrected chi connectivity index (χ2v) is 5.08. The summed E-state index contributed by atoms with van der Waals surface area (Å²) in [7, 11) is 0. The van der Waals surface area contributed by atoms with Crippen molar-refractivity contribution in [2.24, 2.45) is 0 Å². The second kappa shape index (κ2) is 5.97. The van der Waals surface area contributed by atoms with Crippen LogP contribution in [0, 0.1) is 5.82 Å². The van der Waals surface area contributed by atoms with E-state index in [0.717, 1.165) is 10.0 Å². The Labute approximate surface area is 119 Å². The molecule has 0 bridgehead atoms. The van der Waals surface area contributed by atoms with E-state index in [1.54, 1.807) is 18.2 Å². The van der Waals surface area contributed by atoms with E-state index in [1.165, 1.54) is 12.1 Å². The zero-order valence-corrected chi connectivity index (χ0v) is 11.9. The summed E-state index contributed by atoms with van der Waals surface area (Å²) in [5.74, 6) is -0.447. The molecule has 1 atom stereocenters. The number of amides is 1. The molecule has 2 rings (SSSR count). The first-order chi connectivity index (χ1) is 9.08. The lowest BCUT2D eigenvalue weighted by Gasteiger charge is -2.15. The van der Waals surface area contributed by atoms with Crippen molar-refractivity contribution in [1.29, 1.82) is 0 Å². The lowest BCUT2D eigenvalue weighted by atomic mass is 10.1. The van der Waals surface area contributed by atoms with Gasteiger partial charge in [0.15, 0.2) is 0 Å². The topological polar surface area (TPSA) is 29.1 Å². The summed E-state index contributed by atoms with van der Waals surface area (Å²) >= 11 is 3.34. The van der Waals surface area contributed by atoms with Crippen molar-refractivity contribution in [3.05, 3.63) is 69.9 Å². The summed E-state index contributed by atoms with van der Waals surface area (Å²) in [6.45, 7) is 1.86. The van der Waals surface area contributed by atoms with Crippen molar-refractivity contribution in [3.8, 4) is 0 Å². The maximum Gasteiger partial charge on any atom is 0.252 e. The number of nitrogens with one attached hydrogen (secondary N) is 1. The van der Waals surface area contributed by atoms with Gasteiger partial charge in [-0.05, 0) is 52.7 Å². The summed E-state index contributed by atoms with van der Waals surface area (Å²) in [6.07, 6.45) is 0. The van der Waals surface area contributed by atoms with E-state index in [1.807, 2.05) is 25.1 Å². The van der Waals surface area contributed by atoms with E-state index < -0.39 is 0 Å². The summed E-state index contributed by atoms with van der Waals surface area (Å²) in [6, 6.07) is 13.1. The van der Waals surface area contributed by atoms with Gasteiger partial charge in [-0.2, -0.15) is 0 Å². The van der Waals surface area contributed by atoms with E-state index in [4.69, 9.17) is 0 Å². The molecule has 2 aromatic carbocycles. The highest BCUT2D eigenvalue weighted by atomic mass is 79.9. The van der Waals surface area contributed by atoms with Crippen LogP contribution >= 0.6 is 15.9 Å². The molecule has 98 valence electrons. The Hall–Kier alpha value is -1.68. The molecule has 0 saturated carbocycles. The van der Waals surface area contributed by atoms with E-state index in [2.05, 4.69) is 21.2 Å². The van der Waals surface area contributed by atoms with Crippen LogP contribution in [0.4, 0.5) is 4.39 Å². The number of halogens is 2. The molecule has 0 saturated heterocycles. The average Bonchev–Trinajstić information content (AvgIpc) is 2.39. The van der Waals surface area contributed by atoms with E-state index in [0.29, 0.717) is 5.56 Å². The van der Waals surface area contributed by atoms with Gasteiger partial charge in [0.05, 0.1) is 11.6 Å². The van der Waals surface area contributed by atoms with Gasteiger partial charge in [-0.15, -0.1) is 0 Å². The molecule has 19 heavy (non-hydrogen) atoms. The van der Waals surface area contributed by atoms with Gasteiger partial charge in [-0.25, -0.2) is 4.39 Å². The molecule has 0 aromatic heterocycles. The van der Waals surface area contributed by atoms with Crippen molar-refractivity contribution >= 4 is 21.8 Å². The maximum atomic E-state index is 12.8. The highest BCUT2D eigenvalue weighted by molar-refractivity contribution is 9.10. The lowest BCUT2D eigenvalue weighted by Crippen LogP contribution is -2.26. The Morgan fingerprint density at radius 2 is 1.79 bits per heavy atom. The molecule has 0 aliphatic rings. The number of hydrogen-bond acceptors (Lipinski definition) is 1. The number of rotatable bonds is 3. The number of carbonyl (C=O) groups excluding carboxylic acids is 1. The van der Waals surface area contributed by atoms with Crippen molar-refractivity contribution in [2.75, 3.05) is 0 Å². The largest absolute Gasteiger partial charge is 0.345 e. The molecule has 2 aromatic rings. The predicted molar refractivity (Wildman–Crippen MR) is 76.4 cm³/mol. The van der Waals surface area contributed by atoms with Crippen LogP contribution in [0.1, 0.15) is 28.9 Å². The molecule has 1 amide bonds. The molecule has 1 N–H and O–H groups in total. The Morgan fingerprint density at radius 3 is 2.42 bits per heavy atom. The maximum absolute atomic E-state index is 12.8. The number of carbonyl (C=O) groups is 1. The smallest absolute Gasteiger partial charge is 0.252 e. The van der Waals surface area contributed by atoms with Crippen molar-refractivity contribution < 1.29 is 9.18 Å². The summed E-state index contributed by atoms with van der Waals surface area (Å²) in [5.41, 5.74) is 1.44. The van der Waals surface area contributed by atoms with Crippen LogP contribution in [0.2, 0.25) is 0 Å². The van der Waals surface area contributed by atoms with Crippen LogP contribution < -0.4 is 5.32 Å². The van der Waals surface area contributed by atoms with Crippen LogP contribution in [0.25, 0.3) is 0 Å². The molecule has 0 spiro atoms. The van der Waals surface area contributed by atoms with Gasteiger partial charge < -0.3 is 5.32 Å². The van der Waals surface area contributed by atoms with Gasteiger partial charge in [0, 0.05) is 4.47 Å². The zero-order chi connectivity index (χ0) is 13.8. The third-order valence-electron chi connectivity index (χ3n) is 2.84. The minimum absolute atomic E-state index is 0.163. The molecule has 0 aliphatic carbocycles. The fourth-order valence-electron chi connectivity index (χ4n) is 1.75. The van der Waals surface area contributed by atoms with Crippen LogP contribution in [0.5, 0.6) is 0 Å². The summed E-state index contributed by atoms with van der Waals surface area (Å²) in [5, 5.41) is 2.88. The fraction of sp³-hybridized carbons (Fsp3) is 0.133. The van der Waals surface area contributed by atoms with Gasteiger partial charge in [-0.3, -0.25) is 4.79 Å². The van der Waals surface area contributed by atoms with Crippen LogP contribution in [-0.4, -0.2) is 5.91 Å². The zero-order valence-electron chi connectivity index (χ0n) is 10.4. The molecule has 0 heterocycles. The molecule has 0 aliphatic heterocycles. The molecule has 0 fully saturated rings. The first kappa shape index (κ1) is 13.7. The Balaban J connectivity index is 2.11. The van der Waals surface area contributed by atoms with Crippen molar-refractivity contribution in [3.63, 3.8) is 0 Å². The highest BCUT2D eigenvalue weighted by Crippen LogP contribution is 2.18. The molecule has 4 heteroatoms. The van der Waals surface area contributed by atoms with Gasteiger partial charge in [0.1, 0.15) is 5.82 Å². The Morgan fingerprint density at radius 1 is 1.16 bits per heavy atom. The number of benzene rings is 2. The highest BCUT2D eigenvalue weighted by Gasteiger charge is 2.13. The molecular formula is C15H13BrFNO. The molecule has 2 nitrogen and oxygen atoms in total. The van der Waals surface area contributed by atoms with E-state index in [9.17, 15) is 9.18 Å². The molecule has 0 radical (unpaired) electrons. The van der Waals surface area contributed by atoms with Gasteiger partial charge in [-0.1, -0.05) is 24.3 Å². The summed E-state index contributed by atoms with van der Waals surface area (Å²) in [4.78, 5) is 12.1. The minimum atomic E-state index is -0.284. The van der Waals surface area contributed by atoms with Crippen molar-refractivity contribution in [1.82, 2.24) is 5.32 Å². The average molecular weight is 322 g/mol. The van der Waals surface area contributed by atoms with Gasteiger partial charge in [0.2, 0.25) is 0 Å². The third-order valence-corrected chi connectivity index (χ3v) is 3.53. The quantitative estimate of drug-likeness (QED) is 0.906. The van der Waals surface area contributed by atoms with E-state index in [-0.39, 0.29) is 17.8 Å². The second-order valence-electron chi connectivity index (χ2n) is 4.23. The van der Waals surface area contributed by atoms with Crippen molar-refractivity contribution in [2.45, 2.75) is 13.0 Å². The Bertz CT molecular complexity index is 583. The van der Waals surface area contributed by atoms with Crippen LogP contribution in [0.15, 0.2) is 53.0 Å². The molecule has 0 unspecified atom stereocenters. The standard InChI is InChI=1S/C15H13BrFNO/c1-10(11-6-8-12(17)9-7-11)18-15(19)13-4-2-3-5-14(13)16/h2-10H,1H3,(H,18,19)/t10-/m1/s1. The number of hydrogen-bond donors (Lipinski definition) is 1.